The summed E-state index contributed by atoms with van der Waals surface area (Å²) in [6.07, 6.45) is 0. The molecule has 0 N–H and O–H groups in total. The molecule has 0 bridgehead atoms. The Hall–Kier alpha value is -1.59. The Labute approximate surface area is 116 Å². The summed E-state index contributed by atoms with van der Waals surface area (Å²) in [6, 6.07) is 5.05. The Morgan fingerprint density at radius 3 is 2.42 bits per heavy atom. The molecule has 0 aliphatic carbocycles. The molecule has 1 aromatic carbocycles. The standard InChI is InChI=1S/C13H7ClF2N2S/c1-6-2-10-11(14)17-12(18-13(10)19-6)7-3-8(15)5-9(16)4-7/h2-5H,1H3. The van der Waals surface area contributed by atoms with E-state index >= 15 is 0 Å². The molecule has 0 aliphatic rings. The highest BCUT2D eigenvalue weighted by atomic mass is 35.5. The van der Waals surface area contributed by atoms with Crippen molar-refractivity contribution in [3.63, 3.8) is 0 Å². The topological polar surface area (TPSA) is 25.8 Å². The van der Waals surface area contributed by atoms with Crippen molar-refractivity contribution in [2.75, 3.05) is 0 Å². The van der Waals surface area contributed by atoms with E-state index < -0.39 is 11.6 Å². The summed E-state index contributed by atoms with van der Waals surface area (Å²) in [4.78, 5) is 10.1. The van der Waals surface area contributed by atoms with Gasteiger partial charge >= 0.3 is 0 Å². The molecule has 0 radical (unpaired) electrons. The van der Waals surface area contributed by atoms with Crippen LogP contribution >= 0.6 is 22.9 Å². The highest BCUT2D eigenvalue weighted by molar-refractivity contribution is 7.18. The van der Waals surface area contributed by atoms with Crippen LogP contribution in [0.15, 0.2) is 24.3 Å². The van der Waals surface area contributed by atoms with E-state index in [0.29, 0.717) is 4.83 Å². The first kappa shape index (κ1) is 12.4. The molecule has 0 aliphatic heterocycles. The number of aryl methyl sites for hydroxylation is 1. The number of halogens is 3. The minimum atomic E-state index is -0.669. The van der Waals surface area contributed by atoms with Crippen LogP contribution in [0, 0.1) is 18.6 Å². The van der Waals surface area contributed by atoms with Crippen molar-refractivity contribution in [1.82, 2.24) is 9.97 Å². The molecule has 3 aromatic rings. The van der Waals surface area contributed by atoms with E-state index in [-0.39, 0.29) is 16.5 Å². The fourth-order valence-corrected chi connectivity index (χ4v) is 2.98. The van der Waals surface area contributed by atoms with Gasteiger partial charge in [-0.3, -0.25) is 0 Å². The lowest BCUT2D eigenvalue weighted by Crippen LogP contribution is -1.91. The molecule has 3 rings (SSSR count). The minimum absolute atomic E-state index is 0.220. The summed E-state index contributed by atoms with van der Waals surface area (Å²) >= 11 is 7.53. The number of aromatic nitrogens is 2. The molecule has 2 aromatic heterocycles. The number of hydrogen-bond acceptors (Lipinski definition) is 3. The molecule has 2 heterocycles. The highest BCUT2D eigenvalue weighted by Crippen LogP contribution is 2.30. The Morgan fingerprint density at radius 1 is 1.05 bits per heavy atom. The van der Waals surface area contributed by atoms with Crippen molar-refractivity contribution < 1.29 is 8.78 Å². The fraction of sp³-hybridized carbons (Fsp3) is 0.0769. The van der Waals surface area contributed by atoms with Crippen molar-refractivity contribution in [1.29, 1.82) is 0 Å². The molecular weight excluding hydrogens is 290 g/mol. The van der Waals surface area contributed by atoms with Crippen LogP contribution in [0.25, 0.3) is 21.6 Å². The van der Waals surface area contributed by atoms with Crippen molar-refractivity contribution >= 4 is 33.2 Å². The number of nitrogens with zero attached hydrogens (tertiary/aromatic N) is 2. The van der Waals surface area contributed by atoms with Crippen LogP contribution in [0.1, 0.15) is 4.88 Å². The molecule has 0 saturated heterocycles. The number of rotatable bonds is 1. The van der Waals surface area contributed by atoms with Gasteiger partial charge in [0.05, 0.1) is 0 Å². The predicted molar refractivity (Wildman–Crippen MR) is 72.5 cm³/mol. The second-order valence-corrected chi connectivity index (χ2v) is 5.66. The molecular formula is C13H7ClF2N2S. The lowest BCUT2D eigenvalue weighted by atomic mass is 10.2. The third-order valence-electron chi connectivity index (χ3n) is 2.59. The Morgan fingerprint density at radius 2 is 1.74 bits per heavy atom. The molecule has 19 heavy (non-hydrogen) atoms. The van der Waals surface area contributed by atoms with E-state index in [1.54, 1.807) is 0 Å². The second kappa shape index (κ2) is 4.51. The Kier molecular flexibility index (Phi) is 2.95. The molecule has 6 heteroatoms. The number of hydrogen-bond donors (Lipinski definition) is 0. The van der Waals surface area contributed by atoms with Crippen LogP contribution in [0.3, 0.4) is 0 Å². The average Bonchev–Trinajstić information content (AvgIpc) is 2.69. The van der Waals surface area contributed by atoms with Gasteiger partial charge in [0.15, 0.2) is 5.82 Å². The van der Waals surface area contributed by atoms with Gasteiger partial charge in [0.1, 0.15) is 21.6 Å². The third-order valence-corrected chi connectivity index (χ3v) is 3.82. The zero-order valence-corrected chi connectivity index (χ0v) is 11.3. The lowest BCUT2D eigenvalue weighted by Gasteiger charge is -2.02. The van der Waals surface area contributed by atoms with E-state index in [9.17, 15) is 8.78 Å². The highest BCUT2D eigenvalue weighted by Gasteiger charge is 2.12. The smallest absolute Gasteiger partial charge is 0.162 e. The maximum absolute atomic E-state index is 13.2. The van der Waals surface area contributed by atoms with Gasteiger partial charge in [0.25, 0.3) is 0 Å². The van der Waals surface area contributed by atoms with Crippen LogP contribution in [0.2, 0.25) is 5.15 Å². The van der Waals surface area contributed by atoms with E-state index in [2.05, 4.69) is 9.97 Å². The number of benzene rings is 1. The van der Waals surface area contributed by atoms with Gasteiger partial charge in [0.2, 0.25) is 0 Å². The molecule has 0 amide bonds. The van der Waals surface area contributed by atoms with E-state index in [0.717, 1.165) is 16.3 Å². The normalized spacial score (nSPS) is 11.2. The molecule has 0 spiro atoms. The minimum Gasteiger partial charge on any atom is -0.217 e. The van der Waals surface area contributed by atoms with E-state index in [1.807, 2.05) is 13.0 Å². The van der Waals surface area contributed by atoms with Gasteiger partial charge < -0.3 is 0 Å². The molecule has 96 valence electrons. The largest absolute Gasteiger partial charge is 0.217 e. The van der Waals surface area contributed by atoms with Crippen LogP contribution in [0.5, 0.6) is 0 Å². The van der Waals surface area contributed by atoms with Crippen LogP contribution < -0.4 is 0 Å². The van der Waals surface area contributed by atoms with Crippen LogP contribution in [-0.4, -0.2) is 9.97 Å². The zero-order valence-electron chi connectivity index (χ0n) is 9.75. The first-order valence-electron chi connectivity index (χ1n) is 5.43. The zero-order chi connectivity index (χ0) is 13.6. The fourth-order valence-electron chi connectivity index (χ4n) is 1.82. The monoisotopic (exact) mass is 296 g/mol. The summed E-state index contributed by atoms with van der Waals surface area (Å²) < 4.78 is 26.4. The average molecular weight is 297 g/mol. The van der Waals surface area contributed by atoms with Gasteiger partial charge in [-0.1, -0.05) is 11.6 Å². The van der Waals surface area contributed by atoms with Gasteiger partial charge in [0, 0.05) is 21.9 Å². The molecule has 0 atom stereocenters. The van der Waals surface area contributed by atoms with Crippen LogP contribution in [0.4, 0.5) is 8.78 Å². The SMILES string of the molecule is Cc1cc2c(Cl)nc(-c3cc(F)cc(F)c3)nc2s1. The first-order chi connectivity index (χ1) is 9.02. The number of fused-ring (bicyclic) bond motifs is 1. The maximum Gasteiger partial charge on any atom is 0.162 e. The Balaban J connectivity index is 2.24. The summed E-state index contributed by atoms with van der Waals surface area (Å²) in [5, 5.41) is 1.04. The summed E-state index contributed by atoms with van der Waals surface area (Å²) in [5.41, 5.74) is 0.271. The molecule has 0 saturated carbocycles. The lowest BCUT2D eigenvalue weighted by molar-refractivity contribution is 0.584. The van der Waals surface area contributed by atoms with Gasteiger partial charge in [-0.25, -0.2) is 18.7 Å². The quantitative estimate of drug-likeness (QED) is 0.613. The summed E-state index contributed by atoms with van der Waals surface area (Å²) in [6.45, 7) is 1.93. The summed E-state index contributed by atoms with van der Waals surface area (Å²) in [7, 11) is 0. The second-order valence-electron chi connectivity index (χ2n) is 4.07. The molecule has 2 nitrogen and oxygen atoms in total. The van der Waals surface area contributed by atoms with E-state index in [4.69, 9.17) is 11.6 Å². The third kappa shape index (κ3) is 2.31. The number of thiophene rings is 1. The van der Waals surface area contributed by atoms with Gasteiger partial charge in [-0.2, -0.15) is 0 Å². The van der Waals surface area contributed by atoms with Gasteiger partial charge in [-0.05, 0) is 25.1 Å². The van der Waals surface area contributed by atoms with Crippen molar-refractivity contribution in [2.45, 2.75) is 6.92 Å². The van der Waals surface area contributed by atoms with Crippen molar-refractivity contribution in [3.05, 3.63) is 45.9 Å². The van der Waals surface area contributed by atoms with Crippen molar-refractivity contribution in [2.24, 2.45) is 0 Å². The molecule has 0 unspecified atom stereocenters. The molecule has 0 fully saturated rings. The van der Waals surface area contributed by atoms with E-state index in [1.165, 1.54) is 23.5 Å². The van der Waals surface area contributed by atoms with Crippen molar-refractivity contribution in [3.8, 4) is 11.4 Å². The van der Waals surface area contributed by atoms with Crippen LogP contribution in [-0.2, 0) is 0 Å². The Bertz CT molecular complexity index is 765. The summed E-state index contributed by atoms with van der Waals surface area (Å²) in [5.74, 6) is -1.12. The first-order valence-corrected chi connectivity index (χ1v) is 6.62. The van der Waals surface area contributed by atoms with Gasteiger partial charge in [-0.15, -0.1) is 11.3 Å². The maximum atomic E-state index is 13.2. The predicted octanol–water partition coefficient (Wildman–Crippen LogP) is 4.60.